The van der Waals surface area contributed by atoms with Gasteiger partial charge in [0, 0.05) is 38.2 Å². The molecule has 0 atom stereocenters. The molecular formula is C23H28N4O3S. The smallest absolute Gasteiger partial charge is 0.243 e. The molecule has 0 radical (unpaired) electrons. The number of hydrogen-bond acceptors (Lipinski definition) is 4. The Morgan fingerprint density at radius 1 is 1.10 bits per heavy atom. The van der Waals surface area contributed by atoms with Gasteiger partial charge in [0.1, 0.15) is 5.82 Å². The summed E-state index contributed by atoms with van der Waals surface area (Å²) in [6.45, 7) is 4.01. The third-order valence-corrected chi connectivity index (χ3v) is 7.48. The van der Waals surface area contributed by atoms with Gasteiger partial charge in [0.25, 0.3) is 0 Å². The van der Waals surface area contributed by atoms with Crippen LogP contribution < -0.4 is 5.32 Å². The first kappa shape index (κ1) is 21.5. The maximum absolute atomic E-state index is 12.9. The van der Waals surface area contributed by atoms with Gasteiger partial charge in [-0.3, -0.25) is 4.79 Å². The quantitative estimate of drug-likeness (QED) is 0.577. The third-order valence-electron chi connectivity index (χ3n) is 5.58. The van der Waals surface area contributed by atoms with Crippen LogP contribution in [-0.4, -0.2) is 41.3 Å². The Kier molecular flexibility index (Phi) is 6.38. The largest absolute Gasteiger partial charge is 0.328 e. The van der Waals surface area contributed by atoms with Crippen LogP contribution in [0, 0.1) is 0 Å². The van der Waals surface area contributed by atoms with Gasteiger partial charge in [-0.05, 0) is 49.6 Å². The molecule has 2 heterocycles. The number of carbonyl (C=O) groups excluding carboxylic acids is 1. The highest BCUT2D eigenvalue weighted by Crippen LogP contribution is 2.26. The average Bonchev–Trinajstić information content (AvgIpc) is 3.42. The summed E-state index contributed by atoms with van der Waals surface area (Å²) >= 11 is 0. The normalized spacial score (nSPS) is 14.9. The van der Waals surface area contributed by atoms with Crippen LogP contribution in [0.15, 0.2) is 53.4 Å². The molecule has 1 N–H and O–H groups in total. The summed E-state index contributed by atoms with van der Waals surface area (Å²) in [6.07, 6.45) is 3.52. The minimum absolute atomic E-state index is 0.0707. The number of para-hydroxylation sites is 1. The van der Waals surface area contributed by atoms with Gasteiger partial charge in [-0.2, -0.15) is 4.31 Å². The lowest BCUT2D eigenvalue weighted by Crippen LogP contribution is -2.27. The Morgan fingerprint density at radius 3 is 2.55 bits per heavy atom. The number of anilines is 1. The highest BCUT2D eigenvalue weighted by atomic mass is 32.2. The molecule has 1 fully saturated rings. The van der Waals surface area contributed by atoms with Crippen molar-refractivity contribution in [3.05, 3.63) is 54.4 Å². The van der Waals surface area contributed by atoms with Crippen LogP contribution in [0.5, 0.6) is 0 Å². The molecule has 0 aliphatic carbocycles. The maximum Gasteiger partial charge on any atom is 0.243 e. The molecule has 1 aliphatic rings. The monoisotopic (exact) mass is 440 g/mol. The first-order valence-corrected chi connectivity index (χ1v) is 12.3. The highest BCUT2D eigenvalue weighted by Gasteiger charge is 2.27. The number of fused-ring (bicyclic) bond motifs is 1. The molecule has 1 aromatic heterocycles. The van der Waals surface area contributed by atoms with E-state index in [4.69, 9.17) is 4.98 Å². The maximum atomic E-state index is 12.9. The van der Waals surface area contributed by atoms with Gasteiger partial charge >= 0.3 is 0 Å². The zero-order chi connectivity index (χ0) is 21.8. The number of imidazole rings is 1. The molecule has 8 heteroatoms. The van der Waals surface area contributed by atoms with Crippen LogP contribution in [0.1, 0.15) is 38.4 Å². The number of aromatic nitrogens is 2. The fourth-order valence-corrected chi connectivity index (χ4v) is 5.57. The molecular weight excluding hydrogens is 412 g/mol. The van der Waals surface area contributed by atoms with E-state index in [0.717, 1.165) is 42.8 Å². The molecule has 31 heavy (non-hydrogen) atoms. The second-order valence-corrected chi connectivity index (χ2v) is 9.79. The SMILES string of the molecule is CCCn1c(CCC(=O)Nc2ccccc2)nc2cc(S(=O)(=O)N3CCCC3)ccc21. The van der Waals surface area contributed by atoms with Crippen molar-refractivity contribution in [3.8, 4) is 0 Å². The van der Waals surface area contributed by atoms with E-state index in [1.54, 1.807) is 16.4 Å². The van der Waals surface area contributed by atoms with E-state index < -0.39 is 10.0 Å². The van der Waals surface area contributed by atoms with Crippen LogP contribution in [0.3, 0.4) is 0 Å². The van der Waals surface area contributed by atoms with Crippen molar-refractivity contribution >= 4 is 32.7 Å². The fourth-order valence-electron chi connectivity index (χ4n) is 4.03. The standard InChI is InChI=1S/C23H28N4O3S/c1-2-14-27-21-11-10-19(31(29,30)26-15-6-7-16-26)17-20(21)25-22(27)12-13-23(28)24-18-8-4-3-5-9-18/h3-5,8-11,17H,2,6-7,12-16H2,1H3,(H,24,28). The van der Waals surface area contributed by atoms with Gasteiger partial charge in [0.2, 0.25) is 15.9 Å². The lowest BCUT2D eigenvalue weighted by Gasteiger charge is -2.15. The first-order chi connectivity index (χ1) is 15.0. The molecule has 1 aliphatic heterocycles. The van der Waals surface area contributed by atoms with Crippen molar-refractivity contribution < 1.29 is 13.2 Å². The van der Waals surface area contributed by atoms with Crippen molar-refractivity contribution in [1.82, 2.24) is 13.9 Å². The predicted octanol–water partition coefficient (Wildman–Crippen LogP) is 3.80. The minimum Gasteiger partial charge on any atom is -0.328 e. The number of amides is 1. The second-order valence-electron chi connectivity index (χ2n) is 7.86. The van der Waals surface area contributed by atoms with E-state index in [0.29, 0.717) is 31.4 Å². The first-order valence-electron chi connectivity index (χ1n) is 10.8. The van der Waals surface area contributed by atoms with E-state index in [2.05, 4.69) is 16.8 Å². The molecule has 0 unspecified atom stereocenters. The second kappa shape index (κ2) is 9.20. The molecule has 3 aromatic rings. The van der Waals surface area contributed by atoms with Gasteiger partial charge in [-0.25, -0.2) is 13.4 Å². The summed E-state index contributed by atoms with van der Waals surface area (Å²) in [6, 6.07) is 14.6. The predicted molar refractivity (Wildman–Crippen MR) is 121 cm³/mol. The molecule has 2 aromatic carbocycles. The zero-order valence-corrected chi connectivity index (χ0v) is 18.6. The number of benzene rings is 2. The summed E-state index contributed by atoms with van der Waals surface area (Å²) in [5.41, 5.74) is 2.33. The van der Waals surface area contributed by atoms with Gasteiger partial charge < -0.3 is 9.88 Å². The molecule has 0 bridgehead atoms. The minimum atomic E-state index is -3.49. The third kappa shape index (κ3) is 4.65. The molecule has 4 rings (SSSR count). The van der Waals surface area contributed by atoms with Gasteiger partial charge in [-0.1, -0.05) is 25.1 Å². The van der Waals surface area contributed by atoms with E-state index in [-0.39, 0.29) is 10.8 Å². The summed E-state index contributed by atoms with van der Waals surface area (Å²) in [5.74, 6) is 0.731. The van der Waals surface area contributed by atoms with Crippen molar-refractivity contribution in [2.75, 3.05) is 18.4 Å². The van der Waals surface area contributed by atoms with Crippen LogP contribution in [0.4, 0.5) is 5.69 Å². The Bertz CT molecular complexity index is 1170. The van der Waals surface area contributed by atoms with Crippen LogP contribution in [0.2, 0.25) is 0 Å². The fraction of sp³-hybridized carbons (Fsp3) is 0.391. The van der Waals surface area contributed by atoms with Crippen molar-refractivity contribution in [3.63, 3.8) is 0 Å². The van der Waals surface area contributed by atoms with E-state index in [1.807, 2.05) is 36.4 Å². The molecule has 1 saturated heterocycles. The van der Waals surface area contributed by atoms with Crippen molar-refractivity contribution in [2.45, 2.75) is 50.5 Å². The Balaban J connectivity index is 1.56. The van der Waals surface area contributed by atoms with Crippen molar-refractivity contribution in [1.29, 1.82) is 0 Å². The highest BCUT2D eigenvalue weighted by molar-refractivity contribution is 7.89. The molecule has 7 nitrogen and oxygen atoms in total. The van der Waals surface area contributed by atoms with Crippen LogP contribution >= 0.6 is 0 Å². The van der Waals surface area contributed by atoms with Gasteiger partial charge in [-0.15, -0.1) is 0 Å². The topological polar surface area (TPSA) is 84.3 Å². The lowest BCUT2D eigenvalue weighted by atomic mass is 10.2. The Labute approximate surface area is 183 Å². The molecule has 0 spiro atoms. The Hall–Kier alpha value is -2.71. The number of rotatable bonds is 8. The molecule has 0 saturated carbocycles. The summed E-state index contributed by atoms with van der Waals surface area (Å²) < 4.78 is 29.5. The average molecular weight is 441 g/mol. The summed E-state index contributed by atoms with van der Waals surface area (Å²) in [4.78, 5) is 17.4. The number of aryl methyl sites for hydroxylation is 2. The number of sulfonamides is 1. The van der Waals surface area contributed by atoms with Crippen molar-refractivity contribution in [2.24, 2.45) is 0 Å². The van der Waals surface area contributed by atoms with Crippen LogP contribution in [0.25, 0.3) is 11.0 Å². The van der Waals surface area contributed by atoms with Crippen LogP contribution in [-0.2, 0) is 27.8 Å². The zero-order valence-electron chi connectivity index (χ0n) is 17.8. The van der Waals surface area contributed by atoms with Gasteiger partial charge in [0.05, 0.1) is 15.9 Å². The number of carbonyl (C=O) groups is 1. The van der Waals surface area contributed by atoms with Gasteiger partial charge in [0.15, 0.2) is 0 Å². The van der Waals surface area contributed by atoms with E-state index in [1.165, 1.54) is 0 Å². The Morgan fingerprint density at radius 2 is 1.84 bits per heavy atom. The summed E-state index contributed by atoms with van der Waals surface area (Å²) in [5, 5.41) is 2.90. The number of nitrogens with one attached hydrogen (secondary N) is 1. The van der Waals surface area contributed by atoms with E-state index in [9.17, 15) is 13.2 Å². The van der Waals surface area contributed by atoms with E-state index >= 15 is 0 Å². The molecule has 1 amide bonds. The summed E-state index contributed by atoms with van der Waals surface area (Å²) in [7, 11) is -3.49. The number of hydrogen-bond donors (Lipinski definition) is 1. The molecule has 164 valence electrons. The number of nitrogens with zero attached hydrogens (tertiary/aromatic N) is 3. The lowest BCUT2D eigenvalue weighted by molar-refractivity contribution is -0.116.